The van der Waals surface area contributed by atoms with E-state index in [0.717, 1.165) is 32.2 Å². The number of hydrogen-bond acceptors (Lipinski definition) is 2. The fourth-order valence-electron chi connectivity index (χ4n) is 2.28. The standard InChI is InChI=1S/C12H18N2O2/c15-12(16)9-3-5-10(6-4-9)14-8-11-2-1-7-13-11/h1-2,7,9-10,13-14H,3-6,8H2,(H,15,16). The maximum atomic E-state index is 10.8. The van der Waals surface area contributed by atoms with Crippen LogP contribution in [0.3, 0.4) is 0 Å². The molecule has 1 saturated carbocycles. The van der Waals surface area contributed by atoms with Crippen molar-refractivity contribution in [3.05, 3.63) is 24.0 Å². The van der Waals surface area contributed by atoms with Gasteiger partial charge in [-0.05, 0) is 37.8 Å². The number of aromatic amines is 1. The van der Waals surface area contributed by atoms with Crippen molar-refractivity contribution in [1.29, 1.82) is 0 Å². The van der Waals surface area contributed by atoms with Gasteiger partial charge in [-0.25, -0.2) is 0 Å². The van der Waals surface area contributed by atoms with Gasteiger partial charge in [0.1, 0.15) is 0 Å². The first-order valence-corrected chi connectivity index (χ1v) is 5.84. The summed E-state index contributed by atoms with van der Waals surface area (Å²) >= 11 is 0. The van der Waals surface area contributed by atoms with Gasteiger partial charge in [-0.3, -0.25) is 4.79 Å². The van der Waals surface area contributed by atoms with Gasteiger partial charge in [0.2, 0.25) is 0 Å². The van der Waals surface area contributed by atoms with Crippen LogP contribution in [0.5, 0.6) is 0 Å². The summed E-state index contributed by atoms with van der Waals surface area (Å²) in [5, 5.41) is 12.3. The molecule has 0 aliphatic heterocycles. The third-order valence-electron chi connectivity index (χ3n) is 3.32. The number of rotatable bonds is 4. The molecule has 2 rings (SSSR count). The summed E-state index contributed by atoms with van der Waals surface area (Å²) in [6.07, 6.45) is 5.46. The molecular weight excluding hydrogens is 204 g/mol. The Labute approximate surface area is 95.1 Å². The molecule has 1 aromatic rings. The lowest BCUT2D eigenvalue weighted by atomic mass is 9.86. The van der Waals surface area contributed by atoms with E-state index in [1.54, 1.807) is 0 Å². The van der Waals surface area contributed by atoms with Crippen LogP contribution in [0.25, 0.3) is 0 Å². The third-order valence-corrected chi connectivity index (χ3v) is 3.32. The Morgan fingerprint density at radius 2 is 2.19 bits per heavy atom. The highest BCUT2D eigenvalue weighted by molar-refractivity contribution is 5.70. The summed E-state index contributed by atoms with van der Waals surface area (Å²) in [4.78, 5) is 13.9. The quantitative estimate of drug-likeness (QED) is 0.727. The van der Waals surface area contributed by atoms with Crippen LogP contribution in [0.15, 0.2) is 18.3 Å². The molecule has 16 heavy (non-hydrogen) atoms. The molecule has 0 saturated heterocycles. The molecule has 0 spiro atoms. The molecule has 0 bridgehead atoms. The topological polar surface area (TPSA) is 65.1 Å². The Hall–Kier alpha value is -1.29. The summed E-state index contributed by atoms with van der Waals surface area (Å²) in [6, 6.07) is 4.51. The van der Waals surface area contributed by atoms with Gasteiger partial charge in [0.05, 0.1) is 5.92 Å². The molecular formula is C12H18N2O2. The summed E-state index contributed by atoms with van der Waals surface area (Å²) in [7, 11) is 0. The largest absolute Gasteiger partial charge is 0.481 e. The summed E-state index contributed by atoms with van der Waals surface area (Å²) in [5.74, 6) is -0.758. The minimum Gasteiger partial charge on any atom is -0.481 e. The second kappa shape index (κ2) is 5.16. The minimum absolute atomic E-state index is 0.122. The number of aromatic nitrogens is 1. The van der Waals surface area contributed by atoms with E-state index >= 15 is 0 Å². The zero-order chi connectivity index (χ0) is 11.4. The number of nitrogens with one attached hydrogen (secondary N) is 2. The minimum atomic E-state index is -0.636. The molecule has 4 heteroatoms. The summed E-state index contributed by atoms with van der Waals surface area (Å²) in [5.41, 5.74) is 1.18. The van der Waals surface area contributed by atoms with Crippen LogP contribution in [0.1, 0.15) is 31.4 Å². The molecule has 1 fully saturated rings. The normalized spacial score (nSPS) is 25.5. The van der Waals surface area contributed by atoms with E-state index in [1.807, 2.05) is 12.3 Å². The van der Waals surface area contributed by atoms with Gasteiger partial charge < -0.3 is 15.4 Å². The Bertz CT molecular complexity index is 327. The maximum absolute atomic E-state index is 10.8. The van der Waals surface area contributed by atoms with E-state index in [4.69, 9.17) is 5.11 Å². The van der Waals surface area contributed by atoms with Crippen LogP contribution < -0.4 is 5.32 Å². The molecule has 88 valence electrons. The highest BCUT2D eigenvalue weighted by atomic mass is 16.4. The van der Waals surface area contributed by atoms with Gasteiger partial charge in [0.25, 0.3) is 0 Å². The van der Waals surface area contributed by atoms with Crippen LogP contribution in [0.2, 0.25) is 0 Å². The Kier molecular flexibility index (Phi) is 3.62. The van der Waals surface area contributed by atoms with Crippen LogP contribution >= 0.6 is 0 Å². The molecule has 1 heterocycles. The molecule has 1 aromatic heterocycles. The molecule has 0 aromatic carbocycles. The lowest BCUT2D eigenvalue weighted by Crippen LogP contribution is -2.34. The summed E-state index contributed by atoms with van der Waals surface area (Å²) < 4.78 is 0. The Balaban J connectivity index is 1.71. The SMILES string of the molecule is O=C(O)C1CCC(NCc2ccc[nH]2)CC1. The molecule has 1 aliphatic carbocycles. The van der Waals surface area contributed by atoms with Crippen LogP contribution in [-0.4, -0.2) is 22.1 Å². The predicted molar refractivity (Wildman–Crippen MR) is 61.0 cm³/mol. The Morgan fingerprint density at radius 3 is 2.75 bits per heavy atom. The fraction of sp³-hybridized carbons (Fsp3) is 0.583. The average Bonchev–Trinajstić information content (AvgIpc) is 2.80. The third kappa shape index (κ3) is 2.85. The molecule has 0 radical (unpaired) electrons. The zero-order valence-corrected chi connectivity index (χ0v) is 9.28. The number of aliphatic carboxylic acids is 1. The Morgan fingerprint density at radius 1 is 1.44 bits per heavy atom. The van der Waals surface area contributed by atoms with Crippen molar-refractivity contribution in [3.63, 3.8) is 0 Å². The van der Waals surface area contributed by atoms with E-state index in [9.17, 15) is 4.79 Å². The first kappa shape index (κ1) is 11.2. The second-order valence-electron chi connectivity index (χ2n) is 4.46. The van der Waals surface area contributed by atoms with Gasteiger partial charge in [-0.2, -0.15) is 0 Å². The van der Waals surface area contributed by atoms with E-state index in [-0.39, 0.29) is 5.92 Å². The zero-order valence-electron chi connectivity index (χ0n) is 9.28. The number of carbonyl (C=O) groups is 1. The second-order valence-corrected chi connectivity index (χ2v) is 4.46. The van der Waals surface area contributed by atoms with E-state index in [2.05, 4.69) is 16.4 Å². The van der Waals surface area contributed by atoms with Crippen LogP contribution in [0, 0.1) is 5.92 Å². The van der Waals surface area contributed by atoms with Gasteiger partial charge >= 0.3 is 5.97 Å². The fourth-order valence-corrected chi connectivity index (χ4v) is 2.28. The first-order chi connectivity index (χ1) is 7.75. The number of carboxylic acids is 1. The highest BCUT2D eigenvalue weighted by Gasteiger charge is 2.25. The van der Waals surface area contributed by atoms with E-state index in [1.165, 1.54) is 5.69 Å². The number of carboxylic acid groups (broad SMARTS) is 1. The summed E-state index contributed by atoms with van der Waals surface area (Å²) in [6.45, 7) is 0.843. The lowest BCUT2D eigenvalue weighted by Gasteiger charge is -2.26. The lowest BCUT2D eigenvalue weighted by molar-refractivity contribution is -0.142. The van der Waals surface area contributed by atoms with E-state index < -0.39 is 5.97 Å². The van der Waals surface area contributed by atoms with E-state index in [0.29, 0.717) is 6.04 Å². The smallest absolute Gasteiger partial charge is 0.306 e. The molecule has 0 atom stereocenters. The molecule has 0 unspecified atom stereocenters. The number of hydrogen-bond donors (Lipinski definition) is 3. The van der Waals surface area contributed by atoms with Crippen molar-refractivity contribution in [1.82, 2.24) is 10.3 Å². The molecule has 1 aliphatic rings. The molecule has 0 amide bonds. The van der Waals surface area contributed by atoms with Crippen molar-refractivity contribution >= 4 is 5.97 Å². The van der Waals surface area contributed by atoms with Gasteiger partial charge in [-0.15, -0.1) is 0 Å². The van der Waals surface area contributed by atoms with Gasteiger partial charge in [-0.1, -0.05) is 0 Å². The van der Waals surface area contributed by atoms with Gasteiger partial charge in [0.15, 0.2) is 0 Å². The predicted octanol–water partition coefficient (Wildman–Crippen LogP) is 1.75. The van der Waals surface area contributed by atoms with Crippen molar-refractivity contribution in [3.8, 4) is 0 Å². The average molecular weight is 222 g/mol. The van der Waals surface area contributed by atoms with Crippen molar-refractivity contribution in [2.75, 3.05) is 0 Å². The monoisotopic (exact) mass is 222 g/mol. The van der Waals surface area contributed by atoms with Crippen LogP contribution in [0.4, 0.5) is 0 Å². The highest BCUT2D eigenvalue weighted by Crippen LogP contribution is 2.24. The molecule has 4 nitrogen and oxygen atoms in total. The van der Waals surface area contributed by atoms with Crippen molar-refractivity contribution in [2.24, 2.45) is 5.92 Å². The molecule has 3 N–H and O–H groups in total. The van der Waals surface area contributed by atoms with Gasteiger partial charge in [0, 0.05) is 24.5 Å². The van der Waals surface area contributed by atoms with Crippen LogP contribution in [-0.2, 0) is 11.3 Å². The van der Waals surface area contributed by atoms with Crippen molar-refractivity contribution < 1.29 is 9.90 Å². The van der Waals surface area contributed by atoms with Crippen molar-refractivity contribution in [2.45, 2.75) is 38.3 Å². The maximum Gasteiger partial charge on any atom is 0.306 e. The first-order valence-electron chi connectivity index (χ1n) is 5.84. The number of H-pyrrole nitrogens is 1.